The highest BCUT2D eigenvalue weighted by Gasteiger charge is 2.29. The van der Waals surface area contributed by atoms with Gasteiger partial charge in [-0.15, -0.1) is 10.2 Å². The van der Waals surface area contributed by atoms with Gasteiger partial charge in [0.05, 0.1) is 5.75 Å². The topological polar surface area (TPSA) is 91.6 Å². The number of aromatic nitrogens is 2. The Morgan fingerprint density at radius 3 is 2.37 bits per heavy atom. The summed E-state index contributed by atoms with van der Waals surface area (Å²) in [6.45, 7) is 8.87. The third-order valence-corrected chi connectivity index (χ3v) is 7.30. The van der Waals surface area contributed by atoms with Crippen molar-refractivity contribution in [1.82, 2.24) is 15.1 Å². The van der Waals surface area contributed by atoms with Crippen molar-refractivity contribution in [2.45, 2.75) is 26.0 Å². The van der Waals surface area contributed by atoms with Gasteiger partial charge in [0.15, 0.2) is 0 Å². The molecule has 0 bridgehead atoms. The summed E-state index contributed by atoms with van der Waals surface area (Å²) in [5.74, 6) is 0.632. The van der Waals surface area contributed by atoms with Crippen LogP contribution in [0.5, 0.6) is 0 Å². The molecule has 3 aromatic carbocycles. The van der Waals surface area contributed by atoms with Gasteiger partial charge in [-0.25, -0.2) is 0 Å². The number of rotatable bonds is 6. The van der Waals surface area contributed by atoms with Crippen LogP contribution in [0.2, 0.25) is 0 Å². The summed E-state index contributed by atoms with van der Waals surface area (Å²) in [6, 6.07) is 21.8. The Balaban J connectivity index is 1.12. The van der Waals surface area contributed by atoms with Gasteiger partial charge in [0.1, 0.15) is 0 Å². The predicted molar refractivity (Wildman–Crippen MR) is 151 cm³/mol. The maximum Gasteiger partial charge on any atom is 0.277 e. The number of benzene rings is 3. The van der Waals surface area contributed by atoms with Crippen LogP contribution in [0.1, 0.15) is 20.8 Å². The molecule has 2 heterocycles. The molecule has 1 aromatic heterocycles. The number of carbonyl (C=O) groups is 2. The normalized spacial score (nSPS) is 14.1. The molecule has 9 heteroatoms. The summed E-state index contributed by atoms with van der Waals surface area (Å²) in [5, 5.41) is 13.7. The minimum atomic E-state index is -0.358. The van der Waals surface area contributed by atoms with Crippen LogP contribution in [-0.4, -0.2) is 58.8 Å². The quantitative estimate of drug-likeness (QED) is 0.338. The summed E-state index contributed by atoms with van der Waals surface area (Å²) in [4.78, 5) is 29.3. The molecule has 8 nitrogen and oxygen atoms in total. The molecule has 0 saturated carbocycles. The molecule has 0 aliphatic carbocycles. The number of carbonyl (C=O) groups excluding carboxylic acids is 2. The van der Waals surface area contributed by atoms with Crippen molar-refractivity contribution < 1.29 is 14.0 Å². The second kappa shape index (κ2) is 10.9. The number of anilines is 2. The number of amides is 2. The first-order valence-electron chi connectivity index (χ1n) is 12.7. The molecule has 0 radical (unpaired) electrons. The van der Waals surface area contributed by atoms with E-state index in [1.807, 2.05) is 92.4 Å². The fraction of sp³-hybridized carbons (Fsp3) is 0.310. The Kier molecular flexibility index (Phi) is 7.37. The maximum atomic E-state index is 12.5. The fourth-order valence-corrected chi connectivity index (χ4v) is 5.07. The Hall–Kier alpha value is -3.85. The van der Waals surface area contributed by atoms with Crippen LogP contribution in [0.3, 0.4) is 0 Å². The van der Waals surface area contributed by atoms with E-state index in [1.54, 1.807) is 0 Å². The van der Waals surface area contributed by atoms with Crippen molar-refractivity contribution in [2.24, 2.45) is 5.41 Å². The number of nitrogens with zero attached hydrogens (tertiary/aromatic N) is 4. The van der Waals surface area contributed by atoms with E-state index in [4.69, 9.17) is 4.42 Å². The summed E-state index contributed by atoms with van der Waals surface area (Å²) >= 11 is 1.21. The molecule has 0 atom stereocenters. The van der Waals surface area contributed by atoms with E-state index in [0.717, 1.165) is 40.8 Å². The van der Waals surface area contributed by atoms with Crippen LogP contribution < -0.4 is 10.2 Å². The van der Waals surface area contributed by atoms with Gasteiger partial charge in [0, 0.05) is 48.5 Å². The number of fused-ring (bicyclic) bond motifs is 1. The van der Waals surface area contributed by atoms with E-state index in [-0.39, 0.29) is 23.0 Å². The first kappa shape index (κ1) is 25.8. The third-order valence-electron chi connectivity index (χ3n) is 6.48. The Morgan fingerprint density at radius 2 is 1.63 bits per heavy atom. The van der Waals surface area contributed by atoms with Crippen LogP contribution in [0.4, 0.5) is 11.4 Å². The number of hydrogen-bond donors (Lipinski definition) is 1. The lowest BCUT2D eigenvalue weighted by atomic mass is 9.94. The molecular weight excluding hydrogens is 498 g/mol. The summed E-state index contributed by atoms with van der Waals surface area (Å²) < 4.78 is 5.83. The second-order valence-electron chi connectivity index (χ2n) is 10.3. The zero-order chi connectivity index (χ0) is 26.7. The molecule has 5 rings (SSSR count). The Bertz CT molecular complexity index is 1430. The highest BCUT2D eigenvalue weighted by atomic mass is 32.2. The lowest BCUT2D eigenvalue weighted by Gasteiger charge is -2.38. The van der Waals surface area contributed by atoms with Crippen molar-refractivity contribution in [2.75, 3.05) is 42.1 Å². The van der Waals surface area contributed by atoms with Gasteiger partial charge in [0.25, 0.3) is 5.22 Å². The van der Waals surface area contributed by atoms with E-state index < -0.39 is 0 Å². The zero-order valence-electron chi connectivity index (χ0n) is 21.8. The van der Waals surface area contributed by atoms with Crippen molar-refractivity contribution >= 4 is 45.7 Å². The highest BCUT2D eigenvalue weighted by molar-refractivity contribution is 7.99. The largest absolute Gasteiger partial charge is 0.411 e. The molecule has 196 valence electrons. The van der Waals surface area contributed by atoms with E-state index in [0.29, 0.717) is 24.2 Å². The molecule has 2 amide bonds. The third kappa shape index (κ3) is 5.83. The molecular formula is C29H31N5O3S. The van der Waals surface area contributed by atoms with Crippen molar-refractivity contribution in [3.05, 3.63) is 66.7 Å². The molecule has 1 aliphatic heterocycles. The monoisotopic (exact) mass is 529 g/mol. The van der Waals surface area contributed by atoms with E-state index in [9.17, 15) is 9.59 Å². The molecule has 0 unspecified atom stereocenters. The van der Waals surface area contributed by atoms with Crippen LogP contribution in [0.25, 0.3) is 22.2 Å². The van der Waals surface area contributed by atoms with Crippen molar-refractivity contribution in [3.8, 4) is 11.5 Å². The minimum Gasteiger partial charge on any atom is -0.411 e. The fourth-order valence-electron chi connectivity index (χ4n) is 4.51. The summed E-state index contributed by atoms with van der Waals surface area (Å²) in [7, 11) is 0. The number of thioether (sulfide) groups is 1. The lowest BCUT2D eigenvalue weighted by Crippen LogP contribution is -2.51. The molecule has 1 saturated heterocycles. The maximum absolute atomic E-state index is 12.5. The number of hydrogen-bond acceptors (Lipinski definition) is 7. The zero-order valence-corrected chi connectivity index (χ0v) is 22.6. The van der Waals surface area contributed by atoms with E-state index >= 15 is 0 Å². The van der Waals surface area contributed by atoms with E-state index in [2.05, 4.69) is 20.4 Å². The van der Waals surface area contributed by atoms with Gasteiger partial charge in [-0.1, -0.05) is 68.9 Å². The second-order valence-corrected chi connectivity index (χ2v) is 11.2. The van der Waals surface area contributed by atoms with Crippen LogP contribution in [-0.2, 0) is 9.59 Å². The van der Waals surface area contributed by atoms with Crippen molar-refractivity contribution in [1.29, 1.82) is 0 Å². The smallest absolute Gasteiger partial charge is 0.277 e. The number of nitrogens with one attached hydrogen (secondary N) is 1. The van der Waals surface area contributed by atoms with Gasteiger partial charge in [-0.05, 0) is 41.1 Å². The molecule has 38 heavy (non-hydrogen) atoms. The molecule has 1 N–H and O–H groups in total. The van der Waals surface area contributed by atoms with E-state index in [1.165, 1.54) is 11.8 Å². The van der Waals surface area contributed by atoms with Gasteiger partial charge in [-0.2, -0.15) is 0 Å². The standard InChI is InChI=1S/C29H31N5O3S/c1-29(2,3)27(36)34-17-15-33(16-18-34)22-13-11-21(12-14-22)30-25(35)19-38-28-32-31-26(37-28)24-10-6-8-20-7-4-5-9-23(20)24/h4-14H,15-19H2,1-3H3,(H,30,35). The first-order chi connectivity index (χ1) is 18.3. The Morgan fingerprint density at radius 1 is 0.921 bits per heavy atom. The average Bonchev–Trinajstić information content (AvgIpc) is 3.40. The molecule has 1 aliphatic rings. The Labute approximate surface area is 226 Å². The lowest BCUT2D eigenvalue weighted by molar-refractivity contribution is -0.139. The SMILES string of the molecule is CC(C)(C)C(=O)N1CCN(c2ccc(NC(=O)CSc3nnc(-c4cccc5ccccc45)o3)cc2)CC1. The summed E-state index contributed by atoms with van der Waals surface area (Å²) in [5.41, 5.74) is 2.31. The van der Waals surface area contributed by atoms with Gasteiger partial charge in [0.2, 0.25) is 17.7 Å². The van der Waals surface area contributed by atoms with Crippen LogP contribution in [0.15, 0.2) is 76.4 Å². The van der Waals surface area contributed by atoms with Crippen molar-refractivity contribution in [3.63, 3.8) is 0 Å². The van der Waals surface area contributed by atoms with Crippen LogP contribution >= 0.6 is 11.8 Å². The summed E-state index contributed by atoms with van der Waals surface area (Å²) in [6.07, 6.45) is 0. The molecule has 4 aromatic rings. The van der Waals surface area contributed by atoms with Gasteiger partial charge in [-0.3, -0.25) is 9.59 Å². The highest BCUT2D eigenvalue weighted by Crippen LogP contribution is 2.30. The van der Waals surface area contributed by atoms with Crippen LogP contribution in [0, 0.1) is 5.41 Å². The average molecular weight is 530 g/mol. The molecule has 0 spiro atoms. The first-order valence-corrected chi connectivity index (χ1v) is 13.7. The van der Waals surface area contributed by atoms with Gasteiger partial charge >= 0.3 is 0 Å². The predicted octanol–water partition coefficient (Wildman–Crippen LogP) is 5.32. The minimum absolute atomic E-state index is 0.151. The molecule has 1 fully saturated rings. The van der Waals surface area contributed by atoms with Gasteiger partial charge < -0.3 is 19.5 Å². The number of piperazine rings is 1.